The molecule has 1 aliphatic carbocycles. The zero-order chi connectivity index (χ0) is 17.2. The van der Waals surface area contributed by atoms with Crippen molar-refractivity contribution in [1.82, 2.24) is 4.90 Å². The Bertz CT molecular complexity index is 756. The zero-order valence-electron chi connectivity index (χ0n) is 14.7. The predicted octanol–water partition coefficient (Wildman–Crippen LogP) is 3.06. The van der Waals surface area contributed by atoms with Gasteiger partial charge in [0.15, 0.2) is 0 Å². The Balaban J connectivity index is 1.43. The first-order valence-corrected chi connectivity index (χ1v) is 9.39. The number of nitrogens with two attached hydrogens (primary N) is 1. The minimum atomic E-state index is 0.0230. The van der Waals surface area contributed by atoms with Gasteiger partial charge in [0.05, 0.1) is 6.42 Å². The van der Waals surface area contributed by atoms with E-state index in [0.717, 1.165) is 18.5 Å². The highest BCUT2D eigenvalue weighted by molar-refractivity contribution is 5.79. The minimum absolute atomic E-state index is 0.0230. The molecule has 1 fully saturated rings. The third kappa shape index (κ3) is 3.47. The quantitative estimate of drug-likeness (QED) is 0.938. The van der Waals surface area contributed by atoms with Crippen LogP contribution in [0.15, 0.2) is 48.5 Å². The van der Waals surface area contributed by atoms with Crippen molar-refractivity contribution in [2.24, 2.45) is 5.73 Å². The molecule has 2 aromatic carbocycles. The van der Waals surface area contributed by atoms with Crippen molar-refractivity contribution >= 4 is 5.91 Å². The number of hydrogen-bond acceptors (Lipinski definition) is 2. The van der Waals surface area contributed by atoms with Crippen LogP contribution in [0, 0.1) is 0 Å². The summed E-state index contributed by atoms with van der Waals surface area (Å²) in [6, 6.07) is 16.9. The topological polar surface area (TPSA) is 46.3 Å². The van der Waals surface area contributed by atoms with Crippen molar-refractivity contribution in [3.8, 4) is 0 Å². The Morgan fingerprint density at radius 3 is 2.56 bits per heavy atom. The molecule has 1 saturated heterocycles. The highest BCUT2D eigenvalue weighted by Crippen LogP contribution is 2.27. The van der Waals surface area contributed by atoms with Crippen molar-refractivity contribution in [2.45, 2.75) is 44.1 Å². The Hall–Kier alpha value is -2.13. The second kappa shape index (κ2) is 7.01. The Morgan fingerprint density at radius 2 is 1.76 bits per heavy atom. The van der Waals surface area contributed by atoms with E-state index in [0.29, 0.717) is 13.0 Å². The second-order valence-electron chi connectivity index (χ2n) is 7.47. The Kier molecular flexibility index (Phi) is 4.58. The number of aryl methyl sites for hydroxylation is 2. The number of benzene rings is 2. The molecular weight excluding hydrogens is 308 g/mol. The van der Waals surface area contributed by atoms with E-state index in [4.69, 9.17) is 5.73 Å². The lowest BCUT2D eigenvalue weighted by Crippen LogP contribution is -2.33. The number of hydrogen-bond donors (Lipinski definition) is 1. The number of carbonyl (C=O) groups excluding carboxylic acids is 1. The average Bonchev–Trinajstić information content (AvgIpc) is 3.04. The fourth-order valence-corrected chi connectivity index (χ4v) is 4.27. The lowest BCUT2D eigenvalue weighted by molar-refractivity contribution is -0.129. The van der Waals surface area contributed by atoms with Gasteiger partial charge in [0.1, 0.15) is 0 Å². The molecule has 3 nitrogen and oxygen atoms in total. The van der Waals surface area contributed by atoms with Gasteiger partial charge in [0, 0.05) is 25.0 Å². The van der Waals surface area contributed by atoms with E-state index in [-0.39, 0.29) is 17.9 Å². The molecule has 0 spiro atoms. The molecule has 0 bridgehead atoms. The van der Waals surface area contributed by atoms with Gasteiger partial charge in [-0.15, -0.1) is 0 Å². The molecule has 130 valence electrons. The van der Waals surface area contributed by atoms with Crippen molar-refractivity contribution < 1.29 is 4.79 Å². The van der Waals surface area contributed by atoms with Gasteiger partial charge < -0.3 is 10.6 Å². The first kappa shape index (κ1) is 16.3. The van der Waals surface area contributed by atoms with E-state index in [1.54, 1.807) is 0 Å². The molecule has 1 aliphatic heterocycles. The fourth-order valence-electron chi connectivity index (χ4n) is 4.27. The monoisotopic (exact) mass is 334 g/mol. The largest absolute Gasteiger partial charge is 0.340 e. The number of amides is 1. The standard InChI is InChI=1S/C22H26N2O/c23-21-15-24(14-20(21)18-7-2-1-3-8-18)22(25)13-16-10-11-17-6-4-5-9-19(17)12-16/h1-3,7-8,10-12,20-21H,4-6,9,13-15,23H2/t20-,21+/m0/s1. The summed E-state index contributed by atoms with van der Waals surface area (Å²) in [6.07, 6.45) is 5.38. The zero-order valence-corrected chi connectivity index (χ0v) is 14.7. The maximum Gasteiger partial charge on any atom is 0.227 e. The van der Waals surface area contributed by atoms with Gasteiger partial charge in [-0.25, -0.2) is 0 Å². The van der Waals surface area contributed by atoms with Crippen LogP contribution in [0.25, 0.3) is 0 Å². The molecule has 2 atom stereocenters. The minimum Gasteiger partial charge on any atom is -0.340 e. The van der Waals surface area contributed by atoms with Gasteiger partial charge in [0.2, 0.25) is 5.91 Å². The van der Waals surface area contributed by atoms with Crippen LogP contribution < -0.4 is 5.73 Å². The van der Waals surface area contributed by atoms with Crippen LogP contribution in [0.2, 0.25) is 0 Å². The average molecular weight is 334 g/mol. The van der Waals surface area contributed by atoms with Crippen LogP contribution in [0.5, 0.6) is 0 Å². The summed E-state index contributed by atoms with van der Waals surface area (Å²) in [5, 5.41) is 0. The summed E-state index contributed by atoms with van der Waals surface area (Å²) in [6.45, 7) is 1.39. The predicted molar refractivity (Wildman–Crippen MR) is 101 cm³/mol. The molecule has 3 heteroatoms. The maximum atomic E-state index is 12.8. The molecule has 4 rings (SSSR count). The lowest BCUT2D eigenvalue weighted by Gasteiger charge is -2.19. The van der Waals surface area contributed by atoms with Crippen molar-refractivity contribution in [3.05, 3.63) is 70.8 Å². The molecule has 25 heavy (non-hydrogen) atoms. The van der Waals surface area contributed by atoms with Gasteiger partial charge in [-0.3, -0.25) is 4.79 Å². The van der Waals surface area contributed by atoms with Gasteiger partial charge >= 0.3 is 0 Å². The third-order valence-corrected chi connectivity index (χ3v) is 5.71. The van der Waals surface area contributed by atoms with Crippen molar-refractivity contribution in [1.29, 1.82) is 0 Å². The Morgan fingerprint density at radius 1 is 1.00 bits per heavy atom. The molecular formula is C22H26N2O. The second-order valence-corrected chi connectivity index (χ2v) is 7.47. The van der Waals surface area contributed by atoms with Crippen LogP contribution in [0.1, 0.15) is 41.0 Å². The molecule has 2 aromatic rings. The molecule has 2 N–H and O–H groups in total. The van der Waals surface area contributed by atoms with Crippen molar-refractivity contribution in [3.63, 3.8) is 0 Å². The van der Waals surface area contributed by atoms with E-state index >= 15 is 0 Å². The van der Waals surface area contributed by atoms with E-state index in [2.05, 4.69) is 30.3 Å². The highest BCUT2D eigenvalue weighted by Gasteiger charge is 2.33. The molecule has 1 heterocycles. The van der Waals surface area contributed by atoms with E-state index in [9.17, 15) is 4.79 Å². The van der Waals surface area contributed by atoms with Gasteiger partial charge in [-0.2, -0.15) is 0 Å². The molecule has 0 radical (unpaired) electrons. The van der Waals surface area contributed by atoms with Gasteiger partial charge in [-0.05, 0) is 47.9 Å². The van der Waals surface area contributed by atoms with Crippen LogP contribution in [-0.4, -0.2) is 29.9 Å². The van der Waals surface area contributed by atoms with Crippen LogP contribution in [0.4, 0.5) is 0 Å². The normalized spacial score (nSPS) is 22.7. The number of likely N-dealkylation sites (tertiary alicyclic amines) is 1. The molecule has 0 saturated carbocycles. The lowest BCUT2D eigenvalue weighted by atomic mass is 9.90. The van der Waals surface area contributed by atoms with Gasteiger partial charge in [-0.1, -0.05) is 48.5 Å². The number of nitrogens with zero attached hydrogens (tertiary/aromatic N) is 1. The molecule has 0 aromatic heterocycles. The van der Waals surface area contributed by atoms with Crippen LogP contribution in [0.3, 0.4) is 0 Å². The van der Waals surface area contributed by atoms with Crippen LogP contribution in [-0.2, 0) is 24.1 Å². The van der Waals surface area contributed by atoms with E-state index < -0.39 is 0 Å². The first-order valence-electron chi connectivity index (χ1n) is 9.39. The summed E-state index contributed by atoms with van der Waals surface area (Å²) >= 11 is 0. The number of carbonyl (C=O) groups is 1. The van der Waals surface area contributed by atoms with E-state index in [1.165, 1.54) is 36.0 Å². The maximum absolute atomic E-state index is 12.8. The fraction of sp³-hybridized carbons (Fsp3) is 0.409. The SMILES string of the molecule is N[C@@H]1CN(C(=O)Cc2ccc3c(c2)CCCC3)C[C@H]1c1ccccc1. The molecule has 2 aliphatic rings. The summed E-state index contributed by atoms with van der Waals surface area (Å²) in [5.41, 5.74) is 11.6. The smallest absolute Gasteiger partial charge is 0.227 e. The number of rotatable bonds is 3. The third-order valence-electron chi connectivity index (χ3n) is 5.71. The molecule has 0 unspecified atom stereocenters. The van der Waals surface area contributed by atoms with E-state index in [1.807, 2.05) is 23.1 Å². The molecule has 1 amide bonds. The van der Waals surface area contributed by atoms with Gasteiger partial charge in [0.25, 0.3) is 0 Å². The summed E-state index contributed by atoms with van der Waals surface area (Å²) in [5.74, 6) is 0.443. The summed E-state index contributed by atoms with van der Waals surface area (Å²) < 4.78 is 0. The summed E-state index contributed by atoms with van der Waals surface area (Å²) in [4.78, 5) is 14.7. The Labute approximate surface area is 149 Å². The van der Waals surface area contributed by atoms with Crippen molar-refractivity contribution in [2.75, 3.05) is 13.1 Å². The first-order chi connectivity index (χ1) is 12.2. The highest BCUT2D eigenvalue weighted by atomic mass is 16.2. The number of fused-ring (bicyclic) bond motifs is 1. The summed E-state index contributed by atoms with van der Waals surface area (Å²) in [7, 11) is 0. The van der Waals surface area contributed by atoms with Crippen LogP contribution >= 0.6 is 0 Å².